The third-order valence-electron chi connectivity index (χ3n) is 2.70. The Balaban J connectivity index is 5.17. The van der Waals surface area contributed by atoms with Gasteiger partial charge in [0.25, 0.3) is 0 Å². The fourth-order valence-corrected chi connectivity index (χ4v) is 25.8. The summed E-state index contributed by atoms with van der Waals surface area (Å²) in [5.41, 5.74) is 0. The average Bonchev–Trinajstić information content (AvgIpc) is 2.16. The van der Waals surface area contributed by atoms with Crippen LogP contribution >= 0.6 is 0 Å². The van der Waals surface area contributed by atoms with Gasteiger partial charge in [0.2, 0.25) is 0 Å². The van der Waals surface area contributed by atoms with E-state index in [9.17, 15) is 0 Å². The molecular formula is C13H42O6Si7. The summed E-state index contributed by atoms with van der Waals surface area (Å²) in [5, 5.41) is 0. The Bertz CT molecular complexity index is 361. The lowest BCUT2D eigenvalue weighted by Crippen LogP contribution is -2.56. The van der Waals surface area contributed by atoms with Crippen molar-refractivity contribution in [3.05, 3.63) is 0 Å². The first kappa shape index (κ1) is 27.3. The number of rotatable bonds is 12. The Hall–Kier alpha value is 1.28. The van der Waals surface area contributed by atoms with Gasteiger partial charge in [-0.25, -0.2) is 0 Å². The van der Waals surface area contributed by atoms with Crippen LogP contribution in [0.15, 0.2) is 0 Å². The van der Waals surface area contributed by atoms with E-state index in [4.69, 9.17) is 24.7 Å². The van der Waals surface area contributed by atoms with Crippen molar-refractivity contribution in [2.45, 2.75) is 85.1 Å². The molecule has 26 heavy (non-hydrogen) atoms. The van der Waals surface area contributed by atoms with Crippen molar-refractivity contribution in [1.82, 2.24) is 0 Å². The fraction of sp³-hybridized carbons (Fsp3) is 1.00. The summed E-state index contributed by atoms with van der Waals surface area (Å²) in [6, 6.07) is 0. The van der Waals surface area contributed by atoms with Crippen LogP contribution in [-0.2, 0) is 24.7 Å². The van der Waals surface area contributed by atoms with Gasteiger partial charge in [0, 0.05) is 6.55 Å². The molecule has 0 aliphatic carbocycles. The highest BCUT2D eigenvalue weighted by atomic mass is 28.5. The van der Waals surface area contributed by atoms with Gasteiger partial charge in [-0.05, 0) is 78.6 Å². The second-order valence-corrected chi connectivity index (χ2v) is 33.1. The highest BCUT2D eigenvalue weighted by molar-refractivity contribution is 6.84. The second kappa shape index (κ2) is 10.4. The smallest absolute Gasteiger partial charge is 0.439 e. The monoisotopic (exact) mass is 490 g/mol. The molecule has 3 unspecified atom stereocenters. The fourth-order valence-electron chi connectivity index (χ4n) is 2.55. The van der Waals surface area contributed by atoms with Crippen molar-refractivity contribution in [3.63, 3.8) is 0 Å². The molecule has 0 aliphatic heterocycles. The first-order valence-electron chi connectivity index (χ1n) is 9.37. The summed E-state index contributed by atoms with van der Waals surface area (Å²) in [4.78, 5) is 0. The SMILES string of the molecule is C[SiH](O[Si](C)(C)C)O[Si](C)(O[SiH](C)O[Si](C)(C)C)O[SiH](C)O[Si](C)(C)C. The number of hydrogen-bond acceptors (Lipinski definition) is 6. The van der Waals surface area contributed by atoms with Gasteiger partial charge in [0.05, 0.1) is 0 Å². The third-order valence-corrected chi connectivity index (χ3v) is 24.3. The van der Waals surface area contributed by atoms with E-state index in [0.29, 0.717) is 0 Å². The van der Waals surface area contributed by atoms with Crippen LogP contribution in [0, 0.1) is 0 Å². The molecule has 6 nitrogen and oxygen atoms in total. The van der Waals surface area contributed by atoms with Crippen molar-refractivity contribution in [2.24, 2.45) is 0 Å². The molecule has 0 saturated heterocycles. The van der Waals surface area contributed by atoms with E-state index in [1.54, 1.807) is 0 Å². The van der Waals surface area contributed by atoms with Gasteiger partial charge in [-0.15, -0.1) is 0 Å². The van der Waals surface area contributed by atoms with E-state index in [0.717, 1.165) is 0 Å². The zero-order valence-corrected chi connectivity index (χ0v) is 26.6. The quantitative estimate of drug-likeness (QED) is 0.389. The minimum Gasteiger partial charge on any atom is -0.439 e. The molecule has 0 fully saturated rings. The van der Waals surface area contributed by atoms with Crippen LogP contribution in [0.5, 0.6) is 0 Å². The molecule has 0 aromatic carbocycles. The van der Waals surface area contributed by atoms with Crippen molar-refractivity contribution in [2.75, 3.05) is 0 Å². The Morgan fingerprint density at radius 2 is 0.577 bits per heavy atom. The molecule has 158 valence electrons. The molecule has 0 bridgehead atoms. The van der Waals surface area contributed by atoms with Crippen LogP contribution in [0.25, 0.3) is 0 Å². The summed E-state index contributed by atoms with van der Waals surface area (Å²) in [6.07, 6.45) is 0. The van der Waals surface area contributed by atoms with Gasteiger partial charge in [-0.2, -0.15) is 0 Å². The van der Waals surface area contributed by atoms with Crippen LogP contribution in [0.2, 0.25) is 85.1 Å². The van der Waals surface area contributed by atoms with Crippen molar-refractivity contribution in [3.8, 4) is 0 Å². The average molecular weight is 491 g/mol. The first-order valence-corrected chi connectivity index (χ1v) is 28.1. The minimum atomic E-state index is -2.86. The Labute approximate surface area is 171 Å². The molecule has 0 heterocycles. The Kier molecular flexibility index (Phi) is 10.9. The topological polar surface area (TPSA) is 55.4 Å². The molecule has 3 atom stereocenters. The van der Waals surface area contributed by atoms with Gasteiger partial charge < -0.3 is 24.7 Å². The standard InChI is InChI=1S/C13H42O6Si7/c1-20(14-23(4,5)6)17-26(13,18-21(2)15-24(7,8)9)19-22(3)16-25(10,11)12/h20-22H,1-13H3. The third kappa shape index (κ3) is 15.2. The summed E-state index contributed by atoms with van der Waals surface area (Å²) < 4.78 is 37.7. The van der Waals surface area contributed by atoms with E-state index in [-0.39, 0.29) is 0 Å². The largest absolute Gasteiger partial charge is 0.470 e. The molecule has 0 aromatic rings. The van der Waals surface area contributed by atoms with Crippen molar-refractivity contribution < 1.29 is 24.7 Å². The summed E-state index contributed by atoms with van der Waals surface area (Å²) in [7, 11) is -13.4. The van der Waals surface area contributed by atoms with E-state index in [2.05, 4.69) is 78.6 Å². The van der Waals surface area contributed by atoms with Gasteiger partial charge in [-0.3, -0.25) is 0 Å². The van der Waals surface area contributed by atoms with Crippen LogP contribution < -0.4 is 0 Å². The molecule has 0 radical (unpaired) electrons. The highest BCUT2D eigenvalue weighted by Gasteiger charge is 2.43. The zero-order valence-electron chi connectivity index (χ0n) is 19.2. The van der Waals surface area contributed by atoms with Gasteiger partial charge in [-0.1, -0.05) is 0 Å². The predicted molar refractivity (Wildman–Crippen MR) is 127 cm³/mol. The van der Waals surface area contributed by atoms with Crippen LogP contribution in [0.3, 0.4) is 0 Å². The molecule has 0 saturated carbocycles. The van der Waals surface area contributed by atoms with E-state index in [1.165, 1.54) is 0 Å². The van der Waals surface area contributed by atoms with E-state index >= 15 is 0 Å². The van der Waals surface area contributed by atoms with Crippen molar-refractivity contribution >= 4 is 61.6 Å². The molecule has 0 N–H and O–H groups in total. The lowest BCUT2D eigenvalue weighted by atomic mass is 11.8. The Morgan fingerprint density at radius 3 is 0.731 bits per heavy atom. The maximum absolute atomic E-state index is 6.37. The maximum Gasteiger partial charge on any atom is 0.470 e. The molecule has 0 aromatic heterocycles. The first-order chi connectivity index (χ1) is 11.3. The Morgan fingerprint density at radius 1 is 0.385 bits per heavy atom. The molecule has 0 amide bonds. The summed E-state index contributed by atoms with van der Waals surface area (Å²) in [6.45, 7) is 27.8. The van der Waals surface area contributed by atoms with Crippen LogP contribution in [-0.4, -0.2) is 61.6 Å². The van der Waals surface area contributed by atoms with Crippen molar-refractivity contribution in [1.29, 1.82) is 0 Å². The molecule has 13 heteroatoms. The van der Waals surface area contributed by atoms with E-state index in [1.807, 2.05) is 6.55 Å². The summed E-state index contributed by atoms with van der Waals surface area (Å²) in [5.74, 6) is 0. The summed E-state index contributed by atoms with van der Waals surface area (Å²) >= 11 is 0. The van der Waals surface area contributed by atoms with Crippen LogP contribution in [0.1, 0.15) is 0 Å². The van der Waals surface area contributed by atoms with Gasteiger partial charge in [0.15, 0.2) is 25.0 Å². The molecule has 0 spiro atoms. The zero-order chi connectivity index (χ0) is 21.0. The predicted octanol–water partition coefficient (Wildman–Crippen LogP) is 3.71. The second-order valence-electron chi connectivity index (χ2n) is 9.61. The van der Waals surface area contributed by atoms with Gasteiger partial charge >= 0.3 is 36.7 Å². The molecule has 0 aliphatic rings. The maximum atomic E-state index is 6.37. The minimum absolute atomic E-state index is 1.65. The normalized spacial score (nSPS) is 19.7. The van der Waals surface area contributed by atoms with E-state index < -0.39 is 61.6 Å². The lowest BCUT2D eigenvalue weighted by molar-refractivity contribution is 0.222. The van der Waals surface area contributed by atoms with Crippen LogP contribution in [0.4, 0.5) is 0 Å². The number of hydrogen-bond donors (Lipinski definition) is 0. The molecule has 0 rings (SSSR count). The molecular weight excluding hydrogens is 449 g/mol. The highest BCUT2D eigenvalue weighted by Crippen LogP contribution is 2.20. The lowest BCUT2D eigenvalue weighted by Gasteiger charge is -2.37. The van der Waals surface area contributed by atoms with Gasteiger partial charge in [0.1, 0.15) is 0 Å².